The lowest BCUT2D eigenvalue weighted by molar-refractivity contribution is -0.118. The van der Waals surface area contributed by atoms with Gasteiger partial charge < -0.3 is 10.6 Å². The first-order chi connectivity index (χ1) is 11.5. The minimum absolute atomic E-state index is 0.0307. The van der Waals surface area contributed by atoms with Gasteiger partial charge in [0.15, 0.2) is 0 Å². The third kappa shape index (κ3) is 2.88. The fourth-order valence-electron chi connectivity index (χ4n) is 2.59. The minimum atomic E-state index is -0.285. The Balaban J connectivity index is 1.72. The fraction of sp³-hybridized carbons (Fsp3) is 0.125. The average molecular weight is 397 g/mol. The second-order valence-electron chi connectivity index (χ2n) is 5.35. The van der Waals surface area contributed by atoms with E-state index in [9.17, 15) is 9.59 Å². The van der Waals surface area contributed by atoms with Crippen molar-refractivity contribution in [3.05, 3.63) is 56.3 Å². The van der Waals surface area contributed by atoms with Gasteiger partial charge in [-0.05, 0) is 24.3 Å². The van der Waals surface area contributed by atoms with Gasteiger partial charge in [-0.15, -0.1) is 11.8 Å². The van der Waals surface area contributed by atoms with Crippen molar-refractivity contribution in [3.8, 4) is 0 Å². The molecule has 24 heavy (non-hydrogen) atoms. The molecule has 0 radical (unpaired) electrons. The lowest BCUT2D eigenvalue weighted by Crippen LogP contribution is -2.46. The number of benzene rings is 1. The van der Waals surface area contributed by atoms with Crippen molar-refractivity contribution in [2.24, 2.45) is 0 Å². The van der Waals surface area contributed by atoms with E-state index in [0.717, 1.165) is 4.90 Å². The zero-order chi connectivity index (χ0) is 16.8. The summed E-state index contributed by atoms with van der Waals surface area (Å²) in [5.74, 6) is -0.534. The predicted octanol–water partition coefficient (Wildman–Crippen LogP) is 3.89. The van der Waals surface area contributed by atoms with Gasteiger partial charge in [-0.1, -0.05) is 47.1 Å². The summed E-state index contributed by atoms with van der Waals surface area (Å²) in [6, 6.07) is 5.12. The second-order valence-corrected chi connectivity index (χ2v) is 8.46. The quantitative estimate of drug-likeness (QED) is 0.653. The number of amides is 2. The third-order valence-corrected chi connectivity index (χ3v) is 6.81. The Morgan fingerprint density at radius 3 is 2.75 bits per heavy atom. The maximum absolute atomic E-state index is 12.5. The van der Waals surface area contributed by atoms with E-state index in [1.807, 2.05) is 12.2 Å². The van der Waals surface area contributed by atoms with E-state index in [-0.39, 0.29) is 23.1 Å². The highest BCUT2D eigenvalue weighted by Crippen LogP contribution is 2.45. The molecular formula is C16H10Cl2N2O2S2. The number of carbonyl (C=O) groups is 2. The maximum Gasteiger partial charge on any atom is 0.263 e. The first kappa shape index (κ1) is 16.1. The molecule has 0 bridgehead atoms. The van der Waals surface area contributed by atoms with E-state index < -0.39 is 0 Å². The second kappa shape index (κ2) is 6.19. The molecule has 2 atom stereocenters. The van der Waals surface area contributed by atoms with E-state index in [4.69, 9.17) is 23.2 Å². The van der Waals surface area contributed by atoms with Gasteiger partial charge in [-0.25, -0.2) is 0 Å². The topological polar surface area (TPSA) is 58.2 Å². The average Bonchev–Trinajstić information content (AvgIpc) is 2.54. The molecule has 0 aromatic heterocycles. The van der Waals surface area contributed by atoms with Crippen molar-refractivity contribution >= 4 is 64.2 Å². The fourth-order valence-corrected chi connectivity index (χ4v) is 5.50. The van der Waals surface area contributed by atoms with Crippen molar-refractivity contribution in [1.29, 1.82) is 0 Å². The smallest absolute Gasteiger partial charge is 0.263 e. The zero-order valence-corrected chi connectivity index (χ0v) is 15.2. The molecule has 8 heteroatoms. The van der Waals surface area contributed by atoms with Crippen LogP contribution >= 0.6 is 46.7 Å². The molecule has 2 amide bonds. The van der Waals surface area contributed by atoms with Crippen LogP contribution in [0.15, 0.2) is 56.2 Å². The first-order valence-corrected chi connectivity index (χ1v) is 9.52. The van der Waals surface area contributed by atoms with Crippen molar-refractivity contribution < 1.29 is 9.59 Å². The van der Waals surface area contributed by atoms with Crippen LogP contribution in [-0.4, -0.2) is 23.1 Å². The van der Waals surface area contributed by atoms with Gasteiger partial charge in [0.05, 0.1) is 26.8 Å². The van der Waals surface area contributed by atoms with Crippen LogP contribution in [0.4, 0.5) is 5.69 Å². The Labute approximate surface area is 156 Å². The molecule has 1 aromatic rings. The van der Waals surface area contributed by atoms with E-state index >= 15 is 0 Å². The normalized spacial score (nSPS) is 28.5. The number of fused-ring (bicyclic) bond motifs is 2. The van der Waals surface area contributed by atoms with Crippen LogP contribution in [0, 0.1) is 0 Å². The van der Waals surface area contributed by atoms with Crippen molar-refractivity contribution in [1.82, 2.24) is 5.32 Å². The van der Waals surface area contributed by atoms with Crippen LogP contribution in [0.3, 0.4) is 0 Å². The molecule has 0 saturated carbocycles. The lowest BCUT2D eigenvalue weighted by Gasteiger charge is -2.32. The summed E-state index contributed by atoms with van der Waals surface area (Å²) >= 11 is 14.7. The number of allylic oxidation sites excluding steroid dienone is 2. The van der Waals surface area contributed by atoms with E-state index in [0.29, 0.717) is 25.6 Å². The van der Waals surface area contributed by atoms with Crippen molar-refractivity contribution in [2.45, 2.75) is 16.2 Å². The Kier molecular flexibility index (Phi) is 4.16. The van der Waals surface area contributed by atoms with E-state index in [1.54, 1.807) is 24.3 Å². The van der Waals surface area contributed by atoms with Gasteiger partial charge in [0.2, 0.25) is 0 Å². The standard InChI is InChI=1S/C16H10Cl2N2O2S2/c17-7-1-3-9-11(5-7)23-13(15(21)19-9)14-16(22)20-10-4-2-8(18)6-12(10)24-14/h1-6,9,11H,(H,19,21)(H,20,22)/b14-13+. The van der Waals surface area contributed by atoms with Crippen LogP contribution in [0.2, 0.25) is 5.02 Å². The molecule has 1 aromatic carbocycles. The van der Waals surface area contributed by atoms with Crippen LogP contribution in [0.1, 0.15) is 0 Å². The number of nitrogens with one attached hydrogen (secondary N) is 2. The number of anilines is 1. The molecule has 3 aliphatic rings. The SMILES string of the molecule is O=C1Nc2ccc(Cl)cc2S/C1=C1/SC2C=C(Cl)C=CC2NC1=O. The zero-order valence-electron chi connectivity index (χ0n) is 12.0. The molecule has 1 aliphatic carbocycles. The molecule has 1 saturated heterocycles. The van der Waals surface area contributed by atoms with Gasteiger partial charge in [-0.3, -0.25) is 9.59 Å². The molecule has 4 nitrogen and oxygen atoms in total. The van der Waals surface area contributed by atoms with Crippen LogP contribution < -0.4 is 10.6 Å². The highest BCUT2D eigenvalue weighted by atomic mass is 35.5. The number of hydrogen-bond donors (Lipinski definition) is 2. The molecule has 0 spiro atoms. The lowest BCUT2D eigenvalue weighted by atomic mass is 10.1. The first-order valence-electron chi connectivity index (χ1n) is 7.07. The molecule has 4 rings (SSSR count). The summed E-state index contributed by atoms with van der Waals surface area (Å²) < 4.78 is 0. The summed E-state index contributed by atoms with van der Waals surface area (Å²) in [6.45, 7) is 0. The molecule has 2 N–H and O–H groups in total. The highest BCUT2D eigenvalue weighted by molar-refractivity contribution is 8.08. The molecule has 2 unspecified atom stereocenters. The van der Waals surface area contributed by atoms with Gasteiger partial charge in [-0.2, -0.15) is 0 Å². The van der Waals surface area contributed by atoms with Gasteiger partial charge in [0.25, 0.3) is 11.8 Å². The highest BCUT2D eigenvalue weighted by Gasteiger charge is 2.36. The number of rotatable bonds is 0. The van der Waals surface area contributed by atoms with Gasteiger partial charge in [0.1, 0.15) is 0 Å². The number of thioether (sulfide) groups is 2. The monoisotopic (exact) mass is 396 g/mol. The summed E-state index contributed by atoms with van der Waals surface area (Å²) in [5.41, 5.74) is 0.696. The number of hydrogen-bond acceptors (Lipinski definition) is 4. The Hall–Kier alpha value is -1.34. The predicted molar refractivity (Wildman–Crippen MR) is 99.4 cm³/mol. The summed E-state index contributed by atoms with van der Waals surface area (Å²) in [6.07, 6.45) is 5.51. The van der Waals surface area contributed by atoms with Crippen molar-refractivity contribution in [3.63, 3.8) is 0 Å². The Bertz CT molecular complexity index is 864. The minimum Gasteiger partial charge on any atom is -0.344 e. The summed E-state index contributed by atoms with van der Waals surface area (Å²) in [4.78, 5) is 26.5. The summed E-state index contributed by atoms with van der Waals surface area (Å²) in [7, 11) is 0. The summed E-state index contributed by atoms with van der Waals surface area (Å²) in [5, 5.41) is 6.90. The number of carbonyl (C=O) groups excluding carboxylic acids is 2. The van der Waals surface area contributed by atoms with Gasteiger partial charge >= 0.3 is 0 Å². The van der Waals surface area contributed by atoms with Crippen LogP contribution in [-0.2, 0) is 9.59 Å². The van der Waals surface area contributed by atoms with Crippen molar-refractivity contribution in [2.75, 3.05) is 5.32 Å². The molecule has 2 heterocycles. The third-order valence-electron chi connectivity index (χ3n) is 3.71. The maximum atomic E-state index is 12.5. The molecular weight excluding hydrogens is 387 g/mol. The Morgan fingerprint density at radius 1 is 1.08 bits per heavy atom. The van der Waals surface area contributed by atoms with Gasteiger partial charge in [0, 0.05) is 15.0 Å². The van der Waals surface area contributed by atoms with Crippen LogP contribution in [0.25, 0.3) is 0 Å². The molecule has 1 fully saturated rings. The van der Waals surface area contributed by atoms with E-state index in [2.05, 4.69) is 10.6 Å². The van der Waals surface area contributed by atoms with E-state index in [1.165, 1.54) is 23.5 Å². The number of halogens is 2. The van der Waals surface area contributed by atoms with Crippen LogP contribution in [0.5, 0.6) is 0 Å². The molecule has 2 aliphatic heterocycles. The Morgan fingerprint density at radius 2 is 1.92 bits per heavy atom. The largest absolute Gasteiger partial charge is 0.344 e. The molecule has 122 valence electrons.